The minimum atomic E-state index is -4.97. The van der Waals surface area contributed by atoms with Crippen LogP contribution in [-0.2, 0) is 65.4 Å². The number of aliphatic hydroxyl groups is 1. The molecule has 0 heterocycles. The van der Waals surface area contributed by atoms with Gasteiger partial charge in [-0.2, -0.15) is 0 Å². The molecule has 109 heavy (non-hydrogen) atoms. The smallest absolute Gasteiger partial charge is 0.462 e. The van der Waals surface area contributed by atoms with Gasteiger partial charge in [0.05, 0.1) is 26.4 Å². The van der Waals surface area contributed by atoms with Crippen LogP contribution in [0.5, 0.6) is 0 Å². The fourth-order valence-electron chi connectivity index (χ4n) is 14.1. The molecule has 648 valence electrons. The van der Waals surface area contributed by atoms with Crippen LogP contribution in [0.15, 0.2) is 0 Å². The monoisotopic (exact) mass is 1590 g/mol. The molecule has 0 rings (SSSR count). The second-order valence-electron chi connectivity index (χ2n) is 32.8. The van der Waals surface area contributed by atoms with E-state index < -0.39 is 97.5 Å². The number of esters is 4. The number of hydrogen-bond acceptors (Lipinski definition) is 15. The van der Waals surface area contributed by atoms with Crippen LogP contribution in [0.25, 0.3) is 0 Å². The van der Waals surface area contributed by atoms with E-state index in [4.69, 9.17) is 37.0 Å². The molecule has 0 amide bonds. The molecule has 0 aromatic heterocycles. The predicted molar refractivity (Wildman–Crippen MR) is 451 cm³/mol. The maximum absolute atomic E-state index is 13.2. The summed E-state index contributed by atoms with van der Waals surface area (Å²) in [7, 11) is -9.93. The lowest BCUT2D eigenvalue weighted by Crippen LogP contribution is -2.30. The summed E-state index contributed by atoms with van der Waals surface area (Å²) in [4.78, 5) is 73.4. The molecule has 19 heteroatoms. The molecule has 0 radical (unpaired) electrons. The van der Waals surface area contributed by atoms with Crippen LogP contribution in [0.3, 0.4) is 0 Å². The van der Waals surface area contributed by atoms with Crippen LogP contribution in [0.4, 0.5) is 0 Å². The molecule has 0 aliphatic rings. The normalized spacial score (nSPS) is 14.2. The third-order valence-electron chi connectivity index (χ3n) is 21.9. The Morgan fingerprint density at radius 2 is 0.440 bits per heavy atom. The van der Waals surface area contributed by atoms with E-state index in [9.17, 15) is 43.2 Å². The third-order valence-corrected chi connectivity index (χ3v) is 23.8. The Kier molecular flexibility index (Phi) is 79.8. The number of phosphoric acid groups is 2. The van der Waals surface area contributed by atoms with Crippen molar-refractivity contribution in [2.24, 2.45) is 11.8 Å². The Morgan fingerprint density at radius 1 is 0.257 bits per heavy atom. The average molecular weight is 1590 g/mol. The van der Waals surface area contributed by atoms with Crippen LogP contribution in [0.2, 0.25) is 0 Å². The van der Waals surface area contributed by atoms with Gasteiger partial charge in [0, 0.05) is 25.7 Å². The molecule has 0 aliphatic carbocycles. The Balaban J connectivity index is 5.25. The van der Waals surface area contributed by atoms with E-state index in [1.165, 1.54) is 302 Å². The number of phosphoric ester groups is 2. The van der Waals surface area contributed by atoms with E-state index in [0.29, 0.717) is 25.7 Å². The topological polar surface area (TPSA) is 237 Å². The van der Waals surface area contributed by atoms with E-state index in [1.54, 1.807) is 0 Å². The van der Waals surface area contributed by atoms with E-state index in [-0.39, 0.29) is 25.7 Å². The van der Waals surface area contributed by atoms with E-state index in [0.717, 1.165) is 102 Å². The average Bonchev–Trinajstić information content (AvgIpc) is 0.903. The van der Waals surface area contributed by atoms with Crippen molar-refractivity contribution >= 4 is 39.5 Å². The first-order valence-corrected chi connectivity index (χ1v) is 49.6. The Morgan fingerprint density at radius 3 is 0.651 bits per heavy atom. The summed E-state index contributed by atoms with van der Waals surface area (Å²) in [5, 5.41) is 10.7. The summed E-state index contributed by atoms with van der Waals surface area (Å²) in [5.41, 5.74) is 0. The number of carbonyl (C=O) groups excluding carboxylic acids is 4. The standard InChI is InChI=1S/C90H176O17P2/c1-7-11-13-15-17-19-21-23-24-25-26-27-31-34-38-42-49-55-61-67-73-88(93)101-78-85(106-89(94)74-68-62-56-50-43-39-35-32-29-28-30-33-37-40-46-52-58-64-70-82(5)9-3)80-104-108(96,97)102-76-84(91)77-103-109(98,99)105-81-86(79-100-87(92)72-66-60-54-48-41-36-22-20-18-16-14-12-8-2)107-90(95)75-69-63-57-51-45-44-47-53-59-65-71-83(6)10-4/h82-86,91H,7-81H2,1-6H3,(H,96,97)(H,98,99)/t82?,83?,84-,85-,86-/m1/s1. The molecule has 17 nitrogen and oxygen atoms in total. The van der Waals surface area contributed by atoms with Crippen molar-refractivity contribution in [1.29, 1.82) is 0 Å². The third kappa shape index (κ3) is 81.0. The molecule has 0 saturated carbocycles. The van der Waals surface area contributed by atoms with Crippen LogP contribution >= 0.6 is 15.6 Å². The fraction of sp³-hybridized carbons (Fsp3) is 0.956. The molecule has 3 N–H and O–H groups in total. The number of carbonyl (C=O) groups is 4. The first kappa shape index (κ1) is 107. The van der Waals surface area contributed by atoms with Gasteiger partial charge in [0.25, 0.3) is 0 Å². The zero-order valence-corrected chi connectivity index (χ0v) is 73.7. The summed E-state index contributed by atoms with van der Waals surface area (Å²) >= 11 is 0. The minimum absolute atomic E-state index is 0.107. The number of aliphatic hydroxyl groups excluding tert-OH is 1. The lowest BCUT2D eigenvalue weighted by molar-refractivity contribution is -0.161. The van der Waals surface area contributed by atoms with Crippen molar-refractivity contribution in [2.45, 2.75) is 503 Å². The van der Waals surface area contributed by atoms with Crippen molar-refractivity contribution in [2.75, 3.05) is 39.6 Å². The molecule has 0 saturated heterocycles. The maximum atomic E-state index is 13.2. The van der Waals surface area contributed by atoms with Crippen LogP contribution in [-0.4, -0.2) is 96.7 Å². The minimum Gasteiger partial charge on any atom is -0.462 e. The summed E-state index contributed by atoms with van der Waals surface area (Å²) in [6, 6.07) is 0. The molecular formula is C90H176O17P2. The SMILES string of the molecule is CCCCCCCCCCCCCCCCCCCCCCC(=O)OC[C@H](COP(=O)(O)OC[C@@H](O)COP(=O)(O)OC[C@@H](COC(=O)CCCCCCCCCCCCCCC)OC(=O)CCCCCCCCCCCCC(C)CC)OC(=O)CCCCCCCCCCCCCCCCCCCCC(C)CC. The molecule has 0 aromatic carbocycles. The van der Waals surface area contributed by atoms with Gasteiger partial charge in [0.2, 0.25) is 0 Å². The van der Waals surface area contributed by atoms with Crippen molar-refractivity contribution in [3.63, 3.8) is 0 Å². The van der Waals surface area contributed by atoms with Crippen LogP contribution in [0, 0.1) is 11.8 Å². The van der Waals surface area contributed by atoms with Gasteiger partial charge >= 0.3 is 39.5 Å². The molecule has 7 atom stereocenters. The van der Waals surface area contributed by atoms with Gasteiger partial charge in [-0.25, -0.2) is 9.13 Å². The molecule has 0 spiro atoms. The fourth-order valence-corrected chi connectivity index (χ4v) is 15.6. The first-order valence-electron chi connectivity index (χ1n) is 46.6. The number of rotatable bonds is 89. The van der Waals surface area contributed by atoms with E-state index in [1.807, 2.05) is 0 Å². The Hall–Kier alpha value is -1.94. The molecular weight excluding hydrogens is 1410 g/mol. The summed E-state index contributed by atoms with van der Waals surface area (Å²) < 4.78 is 69.0. The summed E-state index contributed by atoms with van der Waals surface area (Å²) in [6.45, 7) is 9.79. The Labute approximate surface area is 670 Å². The zero-order chi connectivity index (χ0) is 79.9. The van der Waals surface area contributed by atoms with Gasteiger partial charge < -0.3 is 33.8 Å². The van der Waals surface area contributed by atoms with Gasteiger partial charge in [-0.15, -0.1) is 0 Å². The molecule has 0 aliphatic heterocycles. The molecule has 0 bridgehead atoms. The van der Waals surface area contributed by atoms with Crippen molar-refractivity contribution in [3.05, 3.63) is 0 Å². The number of hydrogen-bond donors (Lipinski definition) is 3. The first-order chi connectivity index (χ1) is 52.9. The lowest BCUT2D eigenvalue weighted by Gasteiger charge is -2.21. The highest BCUT2D eigenvalue weighted by Crippen LogP contribution is 2.45. The second-order valence-corrected chi connectivity index (χ2v) is 35.7. The van der Waals surface area contributed by atoms with Crippen molar-refractivity contribution < 1.29 is 80.2 Å². The molecule has 4 unspecified atom stereocenters. The van der Waals surface area contributed by atoms with E-state index >= 15 is 0 Å². The number of unbranched alkanes of at least 4 members (excludes halogenated alkanes) is 57. The van der Waals surface area contributed by atoms with Crippen LogP contribution < -0.4 is 0 Å². The Bertz CT molecular complexity index is 2080. The van der Waals surface area contributed by atoms with Crippen LogP contribution in [0.1, 0.15) is 485 Å². The highest BCUT2D eigenvalue weighted by Gasteiger charge is 2.31. The lowest BCUT2D eigenvalue weighted by atomic mass is 9.99. The van der Waals surface area contributed by atoms with Gasteiger partial charge in [0.15, 0.2) is 12.2 Å². The quantitative estimate of drug-likeness (QED) is 0.0222. The maximum Gasteiger partial charge on any atom is 0.472 e. The molecule has 0 fully saturated rings. The van der Waals surface area contributed by atoms with Crippen molar-refractivity contribution in [1.82, 2.24) is 0 Å². The predicted octanol–water partition coefficient (Wildman–Crippen LogP) is 27.8. The van der Waals surface area contributed by atoms with Gasteiger partial charge in [-0.3, -0.25) is 37.3 Å². The zero-order valence-electron chi connectivity index (χ0n) is 71.9. The largest absolute Gasteiger partial charge is 0.472 e. The van der Waals surface area contributed by atoms with Gasteiger partial charge in [0.1, 0.15) is 19.3 Å². The number of ether oxygens (including phenoxy) is 4. The summed E-state index contributed by atoms with van der Waals surface area (Å²) in [5.74, 6) is -0.422. The second kappa shape index (κ2) is 81.2. The van der Waals surface area contributed by atoms with Gasteiger partial charge in [-0.05, 0) is 37.5 Å². The summed E-state index contributed by atoms with van der Waals surface area (Å²) in [6.07, 6.45) is 74.9. The molecule has 0 aromatic rings. The highest BCUT2D eigenvalue weighted by molar-refractivity contribution is 7.47. The van der Waals surface area contributed by atoms with Gasteiger partial charge in [-0.1, -0.05) is 433 Å². The highest BCUT2D eigenvalue weighted by atomic mass is 31.2. The van der Waals surface area contributed by atoms with Crippen molar-refractivity contribution in [3.8, 4) is 0 Å². The van der Waals surface area contributed by atoms with E-state index in [2.05, 4.69) is 41.5 Å².